The maximum Gasteiger partial charge on any atom is 0.303 e. The van der Waals surface area contributed by atoms with Crippen molar-refractivity contribution >= 4 is 17.1 Å². The molecule has 0 spiro atoms. The van der Waals surface area contributed by atoms with E-state index in [2.05, 4.69) is 20.8 Å². The second kappa shape index (κ2) is 11.5. The molecule has 47 heavy (non-hydrogen) atoms. The van der Waals surface area contributed by atoms with Gasteiger partial charge in [0.1, 0.15) is 17.6 Å². The van der Waals surface area contributed by atoms with Crippen LogP contribution in [-0.2, 0) is 22.4 Å². The summed E-state index contributed by atoms with van der Waals surface area (Å²) >= 11 is 0. The summed E-state index contributed by atoms with van der Waals surface area (Å²) < 4.78 is 5.47. The second-order valence-corrected chi connectivity index (χ2v) is 15.6. The van der Waals surface area contributed by atoms with Gasteiger partial charge in [0.15, 0.2) is 0 Å². The molecular weight excluding hydrogens is 596 g/mol. The summed E-state index contributed by atoms with van der Waals surface area (Å²) in [6, 6.07) is 10.8. The third-order valence-electron chi connectivity index (χ3n) is 12.8. The maximum absolute atomic E-state index is 11.5. The van der Waals surface area contributed by atoms with E-state index in [-0.39, 0.29) is 52.2 Å². The number of carbonyl (C=O) groups excluding carboxylic acids is 1. The number of carbonyl (C=O) groups is 1. The van der Waals surface area contributed by atoms with Crippen LogP contribution in [0.25, 0.3) is 11.1 Å². The number of allylic oxidation sites excluding steroid dienone is 2. The lowest BCUT2D eigenvalue weighted by Gasteiger charge is -2.45. The highest BCUT2D eigenvalue weighted by Crippen LogP contribution is 2.60. The number of benzene rings is 2. The lowest BCUT2D eigenvalue weighted by molar-refractivity contribution is -0.158. The van der Waals surface area contributed by atoms with Crippen molar-refractivity contribution in [2.45, 2.75) is 110 Å². The fourth-order valence-corrected chi connectivity index (χ4v) is 10.6. The van der Waals surface area contributed by atoms with E-state index in [0.717, 1.165) is 65.5 Å². The van der Waals surface area contributed by atoms with E-state index in [0.29, 0.717) is 19.3 Å². The molecule has 0 aromatic heterocycles. The van der Waals surface area contributed by atoms with Crippen molar-refractivity contribution in [2.24, 2.45) is 28.6 Å². The molecule has 0 amide bonds. The van der Waals surface area contributed by atoms with Crippen molar-refractivity contribution in [3.63, 3.8) is 0 Å². The third-order valence-corrected chi connectivity index (χ3v) is 12.8. The molecular formula is C39H48O8. The van der Waals surface area contributed by atoms with Gasteiger partial charge in [-0.15, -0.1) is 0 Å². The van der Waals surface area contributed by atoms with Crippen LogP contribution in [0.3, 0.4) is 0 Å². The fourth-order valence-electron chi connectivity index (χ4n) is 10.6. The molecule has 2 aromatic rings. The van der Waals surface area contributed by atoms with Crippen molar-refractivity contribution < 1.29 is 40.2 Å². The first-order valence-electron chi connectivity index (χ1n) is 17.2. The van der Waals surface area contributed by atoms with Gasteiger partial charge in [0.25, 0.3) is 0 Å². The maximum atomic E-state index is 11.5. The van der Waals surface area contributed by atoms with Crippen LogP contribution in [-0.4, -0.2) is 67.1 Å². The first kappa shape index (κ1) is 32.4. The van der Waals surface area contributed by atoms with E-state index in [1.54, 1.807) is 24.3 Å². The number of esters is 1. The van der Waals surface area contributed by atoms with Gasteiger partial charge >= 0.3 is 5.97 Å². The molecule has 0 saturated heterocycles. The van der Waals surface area contributed by atoms with E-state index >= 15 is 0 Å². The molecule has 8 heteroatoms. The second-order valence-electron chi connectivity index (χ2n) is 15.6. The number of aromatic hydroxyl groups is 2. The predicted molar refractivity (Wildman–Crippen MR) is 177 cm³/mol. The molecule has 6 N–H and O–H groups in total. The molecule has 8 nitrogen and oxygen atoms in total. The van der Waals surface area contributed by atoms with Gasteiger partial charge < -0.3 is 35.4 Å². The smallest absolute Gasteiger partial charge is 0.303 e. The van der Waals surface area contributed by atoms with Gasteiger partial charge in [0, 0.05) is 30.6 Å². The fraction of sp³-hybridized carbons (Fsp3) is 0.564. The summed E-state index contributed by atoms with van der Waals surface area (Å²) in [5, 5.41) is 62.2. The predicted octanol–water partition coefficient (Wildman–Crippen LogP) is 5.06. The van der Waals surface area contributed by atoms with Gasteiger partial charge in [0.2, 0.25) is 0 Å². The van der Waals surface area contributed by atoms with Crippen molar-refractivity contribution in [1.82, 2.24) is 0 Å². The molecule has 2 fully saturated rings. The van der Waals surface area contributed by atoms with Crippen molar-refractivity contribution in [2.75, 3.05) is 0 Å². The summed E-state index contributed by atoms with van der Waals surface area (Å²) in [6.07, 6.45) is 3.29. The van der Waals surface area contributed by atoms with Crippen LogP contribution in [0.2, 0.25) is 0 Å². The van der Waals surface area contributed by atoms with E-state index < -0.39 is 24.4 Å². The number of phenols is 2. The summed E-state index contributed by atoms with van der Waals surface area (Å²) in [7, 11) is 0. The number of ether oxygens (including phenoxy) is 1. The van der Waals surface area contributed by atoms with Gasteiger partial charge in [-0.05, 0) is 125 Å². The molecule has 0 radical (unpaired) electrons. The standard InChI is InChI=1S/C20H24O5.C19H24O3/c1-10(21)25-19-17(24)9-15-18-14(5-6-20(15,19)2)13-4-3-12(22)7-11(13)8-16(18)23;1-10-7-15-17-14(5-6-19(15,2)18(10)22)13-4-3-12(20)8-11(13)9-16(17)21/h3-4,7,15-17,19,22-24H,5-6,8-9H2,1-2H3;3-4,8,10,15-16,18,20-22H,5-7,9H2,1-2H3/t15?,16-,17+,19-,20-;10-,15?,16+,18+,19+/m01/s1. The highest BCUT2D eigenvalue weighted by molar-refractivity contribution is 5.77. The zero-order chi connectivity index (χ0) is 33.6. The van der Waals surface area contributed by atoms with E-state index in [1.165, 1.54) is 18.1 Å². The van der Waals surface area contributed by atoms with Crippen LogP contribution >= 0.6 is 0 Å². The normalized spacial score (nSPS) is 38.2. The molecule has 6 aliphatic carbocycles. The van der Waals surface area contributed by atoms with E-state index in [4.69, 9.17) is 4.74 Å². The Labute approximate surface area is 276 Å². The molecule has 0 bridgehead atoms. The van der Waals surface area contributed by atoms with Crippen LogP contribution in [0.1, 0.15) is 88.5 Å². The lowest BCUT2D eigenvalue weighted by atomic mass is 9.61. The average Bonchev–Trinajstić information content (AvgIpc) is 3.39. The molecule has 8 rings (SSSR count). The summed E-state index contributed by atoms with van der Waals surface area (Å²) in [6.45, 7) is 7.74. The minimum atomic E-state index is -0.709. The molecule has 2 unspecified atom stereocenters. The molecule has 252 valence electrons. The van der Waals surface area contributed by atoms with E-state index in [9.17, 15) is 35.4 Å². The van der Waals surface area contributed by atoms with Crippen molar-refractivity contribution in [3.8, 4) is 11.5 Å². The number of aliphatic hydroxyl groups excluding tert-OH is 4. The Hall–Kier alpha value is -3.17. The molecule has 0 aliphatic heterocycles. The quantitative estimate of drug-likeness (QED) is 0.236. The third kappa shape index (κ3) is 5.06. The first-order valence-corrected chi connectivity index (χ1v) is 17.2. The number of rotatable bonds is 1. The number of fused-ring (bicyclic) bond motifs is 8. The highest BCUT2D eigenvalue weighted by atomic mass is 16.6. The van der Waals surface area contributed by atoms with Crippen molar-refractivity contribution in [1.29, 1.82) is 0 Å². The van der Waals surface area contributed by atoms with E-state index in [1.807, 2.05) is 12.1 Å². The summed E-state index contributed by atoms with van der Waals surface area (Å²) in [5.41, 5.74) is 8.36. The summed E-state index contributed by atoms with van der Waals surface area (Å²) in [4.78, 5) is 11.5. The van der Waals surface area contributed by atoms with Gasteiger partial charge in [-0.2, -0.15) is 0 Å². The molecule has 10 atom stereocenters. The monoisotopic (exact) mass is 644 g/mol. The van der Waals surface area contributed by atoms with Crippen LogP contribution in [0.4, 0.5) is 0 Å². The van der Waals surface area contributed by atoms with Gasteiger partial charge in [-0.1, -0.05) is 32.9 Å². The Kier molecular flexibility index (Phi) is 7.90. The zero-order valence-corrected chi connectivity index (χ0v) is 27.7. The summed E-state index contributed by atoms with van der Waals surface area (Å²) in [5.74, 6) is 0.652. The zero-order valence-electron chi connectivity index (χ0n) is 27.7. The van der Waals surface area contributed by atoms with Crippen LogP contribution < -0.4 is 0 Å². The molecule has 0 heterocycles. The Morgan fingerprint density at radius 1 is 0.766 bits per heavy atom. The topological polar surface area (TPSA) is 148 Å². The average molecular weight is 645 g/mol. The highest BCUT2D eigenvalue weighted by Gasteiger charge is 2.58. The number of aliphatic hydroxyl groups is 4. The minimum absolute atomic E-state index is 0.00690. The Morgan fingerprint density at radius 2 is 1.26 bits per heavy atom. The molecule has 2 aromatic carbocycles. The van der Waals surface area contributed by atoms with Crippen LogP contribution in [0, 0.1) is 28.6 Å². The Morgan fingerprint density at radius 3 is 1.77 bits per heavy atom. The van der Waals surface area contributed by atoms with Gasteiger partial charge in [0.05, 0.1) is 24.4 Å². The number of hydrogen-bond acceptors (Lipinski definition) is 8. The Balaban J connectivity index is 0.000000151. The number of phenolic OH excluding ortho intramolecular Hbond substituents is 2. The van der Waals surface area contributed by atoms with Crippen LogP contribution in [0.5, 0.6) is 11.5 Å². The van der Waals surface area contributed by atoms with Gasteiger partial charge in [-0.25, -0.2) is 0 Å². The molecule has 2 saturated carbocycles. The minimum Gasteiger partial charge on any atom is -0.508 e. The Bertz CT molecular complexity index is 1670. The first-order chi connectivity index (χ1) is 22.2. The number of hydrogen-bond donors (Lipinski definition) is 6. The largest absolute Gasteiger partial charge is 0.508 e. The lowest BCUT2D eigenvalue weighted by Crippen LogP contribution is -2.44. The van der Waals surface area contributed by atoms with Crippen molar-refractivity contribution in [3.05, 3.63) is 69.8 Å². The SMILES string of the molecule is CC(=O)O[C@H]1[C@H](O)CC2C3=C(CC[C@@]21C)c1ccc(O)cc1C[C@@H]3O.C[C@@H]1CC2C3=C(CC[C@]2(C)[C@H]1O)c1ccc(O)cc1C[C@@H]3O. The molecule has 6 aliphatic rings. The van der Waals surface area contributed by atoms with Gasteiger partial charge in [-0.3, -0.25) is 4.79 Å². The van der Waals surface area contributed by atoms with Crippen LogP contribution in [0.15, 0.2) is 47.5 Å².